The molecule has 1 rings (SSSR count). The third-order valence-electron chi connectivity index (χ3n) is 2.70. The summed E-state index contributed by atoms with van der Waals surface area (Å²) in [5.74, 6) is -0.177. The van der Waals surface area contributed by atoms with Gasteiger partial charge in [0.05, 0.1) is 17.8 Å². The predicted octanol–water partition coefficient (Wildman–Crippen LogP) is 1.84. The second-order valence-electron chi connectivity index (χ2n) is 5.63. The summed E-state index contributed by atoms with van der Waals surface area (Å²) < 4.78 is 0. The van der Waals surface area contributed by atoms with Gasteiger partial charge in [-0.1, -0.05) is 39.3 Å². The Hall–Kier alpha value is -1.69. The zero-order valence-corrected chi connectivity index (χ0v) is 13.5. The van der Waals surface area contributed by atoms with E-state index >= 15 is 0 Å². The maximum absolute atomic E-state index is 12.6. The minimum absolute atomic E-state index is 0.0727. The van der Waals surface area contributed by atoms with Gasteiger partial charge in [0.1, 0.15) is 5.82 Å². The van der Waals surface area contributed by atoms with Crippen molar-refractivity contribution in [2.45, 2.75) is 33.6 Å². The molecule has 0 aliphatic rings. The third kappa shape index (κ3) is 4.97. The molecule has 2 amide bonds. The number of rotatable bonds is 6. The van der Waals surface area contributed by atoms with Crippen LogP contribution >= 0.6 is 11.6 Å². The van der Waals surface area contributed by atoms with E-state index in [1.54, 1.807) is 0 Å². The monoisotopic (exact) mass is 312 g/mol. The highest BCUT2D eigenvalue weighted by molar-refractivity contribution is 6.33. The van der Waals surface area contributed by atoms with Crippen LogP contribution in [0.25, 0.3) is 0 Å². The summed E-state index contributed by atoms with van der Waals surface area (Å²) in [4.78, 5) is 33.4. The molecule has 0 atom stereocenters. The van der Waals surface area contributed by atoms with Gasteiger partial charge in [-0.05, 0) is 5.92 Å². The number of hydrogen-bond donors (Lipinski definition) is 1. The lowest BCUT2D eigenvalue weighted by Crippen LogP contribution is -2.41. The highest BCUT2D eigenvalue weighted by atomic mass is 35.5. The van der Waals surface area contributed by atoms with Gasteiger partial charge < -0.3 is 10.6 Å². The molecule has 1 aromatic heterocycles. The zero-order chi connectivity index (χ0) is 16.2. The first-order valence-corrected chi connectivity index (χ1v) is 7.20. The van der Waals surface area contributed by atoms with Crippen LogP contribution in [0.15, 0.2) is 6.20 Å². The van der Waals surface area contributed by atoms with E-state index in [1.165, 1.54) is 11.1 Å². The third-order valence-corrected chi connectivity index (χ3v) is 2.98. The topological polar surface area (TPSA) is 89.2 Å². The molecule has 0 saturated heterocycles. The van der Waals surface area contributed by atoms with Crippen molar-refractivity contribution in [3.8, 4) is 0 Å². The van der Waals surface area contributed by atoms with Crippen LogP contribution in [-0.2, 0) is 4.79 Å². The Kier molecular flexibility index (Phi) is 6.08. The van der Waals surface area contributed by atoms with E-state index in [1.807, 2.05) is 27.7 Å². The average Bonchev–Trinajstić information content (AvgIpc) is 2.36. The molecule has 6 nitrogen and oxygen atoms in total. The Morgan fingerprint density at radius 2 is 1.95 bits per heavy atom. The van der Waals surface area contributed by atoms with Crippen LogP contribution < -0.4 is 5.73 Å². The SMILES string of the molecule is CC(C)CN(CC(N)=O)C(=O)c1nc(C(C)C)ncc1Cl. The molecule has 0 aliphatic heterocycles. The Labute approximate surface area is 129 Å². The first-order valence-electron chi connectivity index (χ1n) is 6.82. The quantitative estimate of drug-likeness (QED) is 0.868. The van der Waals surface area contributed by atoms with Gasteiger partial charge in [0, 0.05) is 12.5 Å². The van der Waals surface area contributed by atoms with Crippen molar-refractivity contribution in [2.75, 3.05) is 13.1 Å². The van der Waals surface area contributed by atoms with Gasteiger partial charge in [0.15, 0.2) is 5.69 Å². The van der Waals surface area contributed by atoms with Crippen LogP contribution in [0, 0.1) is 5.92 Å². The number of hydrogen-bond acceptors (Lipinski definition) is 4. The molecular weight excluding hydrogens is 292 g/mol. The van der Waals surface area contributed by atoms with Crippen LogP contribution in [0.3, 0.4) is 0 Å². The maximum atomic E-state index is 12.6. The Balaban J connectivity index is 3.12. The number of halogens is 1. The van der Waals surface area contributed by atoms with Gasteiger partial charge in [-0.25, -0.2) is 9.97 Å². The van der Waals surface area contributed by atoms with Crippen LogP contribution in [-0.4, -0.2) is 39.8 Å². The van der Waals surface area contributed by atoms with E-state index in [9.17, 15) is 9.59 Å². The molecule has 7 heteroatoms. The fourth-order valence-electron chi connectivity index (χ4n) is 1.81. The maximum Gasteiger partial charge on any atom is 0.274 e. The zero-order valence-electron chi connectivity index (χ0n) is 12.8. The van der Waals surface area contributed by atoms with E-state index in [-0.39, 0.29) is 29.1 Å². The number of aromatic nitrogens is 2. The molecule has 0 aromatic carbocycles. The minimum Gasteiger partial charge on any atom is -0.368 e. The molecule has 116 valence electrons. The number of amides is 2. The second kappa shape index (κ2) is 7.36. The molecule has 21 heavy (non-hydrogen) atoms. The van der Waals surface area contributed by atoms with Gasteiger partial charge in [-0.2, -0.15) is 0 Å². The molecule has 1 aromatic rings. The lowest BCUT2D eigenvalue weighted by atomic mass is 10.2. The van der Waals surface area contributed by atoms with Crippen molar-refractivity contribution in [3.63, 3.8) is 0 Å². The molecule has 0 unspecified atom stereocenters. The Bertz CT molecular complexity index is 532. The molecule has 2 N–H and O–H groups in total. The van der Waals surface area contributed by atoms with Crippen molar-refractivity contribution in [1.29, 1.82) is 0 Å². The van der Waals surface area contributed by atoms with E-state index in [2.05, 4.69) is 9.97 Å². The van der Waals surface area contributed by atoms with Crippen LogP contribution in [0.2, 0.25) is 5.02 Å². The average molecular weight is 313 g/mol. The van der Waals surface area contributed by atoms with Crippen molar-refractivity contribution in [1.82, 2.24) is 14.9 Å². The predicted molar refractivity (Wildman–Crippen MR) is 81.1 cm³/mol. The van der Waals surface area contributed by atoms with Crippen molar-refractivity contribution in [2.24, 2.45) is 11.7 Å². The van der Waals surface area contributed by atoms with Crippen LogP contribution in [0.5, 0.6) is 0 Å². The van der Waals surface area contributed by atoms with Gasteiger partial charge in [-0.3, -0.25) is 9.59 Å². The van der Waals surface area contributed by atoms with Gasteiger partial charge in [0.2, 0.25) is 5.91 Å². The molecule has 1 heterocycles. The number of primary amides is 1. The van der Waals surface area contributed by atoms with E-state index in [4.69, 9.17) is 17.3 Å². The summed E-state index contributed by atoms with van der Waals surface area (Å²) in [5, 5.41) is 0.169. The molecule has 0 fully saturated rings. The summed E-state index contributed by atoms with van der Waals surface area (Å²) in [6.07, 6.45) is 1.41. The van der Waals surface area contributed by atoms with Crippen molar-refractivity contribution in [3.05, 3.63) is 22.7 Å². The summed E-state index contributed by atoms with van der Waals surface area (Å²) in [5.41, 5.74) is 5.31. The molecule has 0 spiro atoms. The summed E-state index contributed by atoms with van der Waals surface area (Å²) in [6.45, 7) is 7.98. The fourth-order valence-corrected chi connectivity index (χ4v) is 1.98. The first-order chi connectivity index (χ1) is 9.72. The minimum atomic E-state index is -0.571. The Morgan fingerprint density at radius 1 is 1.33 bits per heavy atom. The lowest BCUT2D eigenvalue weighted by Gasteiger charge is -2.23. The standard InChI is InChI=1S/C14H21ClN4O2/c1-8(2)6-19(7-11(16)20)14(21)12-10(15)5-17-13(18-12)9(3)4/h5,8-9H,6-7H2,1-4H3,(H2,16,20). The summed E-state index contributed by atoms with van der Waals surface area (Å²) >= 11 is 6.02. The van der Waals surface area contributed by atoms with E-state index in [0.717, 1.165) is 0 Å². The highest BCUT2D eigenvalue weighted by Crippen LogP contribution is 2.18. The highest BCUT2D eigenvalue weighted by Gasteiger charge is 2.23. The van der Waals surface area contributed by atoms with Gasteiger partial charge in [-0.15, -0.1) is 0 Å². The van der Waals surface area contributed by atoms with Crippen LogP contribution in [0.1, 0.15) is 49.9 Å². The molecule has 0 bridgehead atoms. The van der Waals surface area contributed by atoms with Crippen molar-refractivity contribution >= 4 is 23.4 Å². The molecule has 0 radical (unpaired) electrons. The number of nitrogens with zero attached hydrogens (tertiary/aromatic N) is 3. The largest absolute Gasteiger partial charge is 0.368 e. The smallest absolute Gasteiger partial charge is 0.274 e. The molecule has 0 saturated carbocycles. The number of carbonyl (C=O) groups excluding carboxylic acids is 2. The van der Waals surface area contributed by atoms with E-state index in [0.29, 0.717) is 12.4 Å². The lowest BCUT2D eigenvalue weighted by molar-refractivity contribution is -0.118. The number of nitrogens with two attached hydrogens (primary N) is 1. The van der Waals surface area contributed by atoms with Gasteiger partial charge in [0.25, 0.3) is 5.91 Å². The van der Waals surface area contributed by atoms with Crippen molar-refractivity contribution < 1.29 is 9.59 Å². The van der Waals surface area contributed by atoms with Crippen LogP contribution in [0.4, 0.5) is 0 Å². The molecular formula is C14H21ClN4O2. The van der Waals surface area contributed by atoms with Gasteiger partial charge >= 0.3 is 0 Å². The molecule has 0 aliphatic carbocycles. The van der Waals surface area contributed by atoms with E-state index < -0.39 is 11.8 Å². The fraction of sp³-hybridized carbons (Fsp3) is 0.571. The summed E-state index contributed by atoms with van der Waals surface area (Å²) in [7, 11) is 0. The second-order valence-corrected chi connectivity index (χ2v) is 6.03. The number of carbonyl (C=O) groups is 2. The summed E-state index contributed by atoms with van der Waals surface area (Å²) in [6, 6.07) is 0. The normalized spacial score (nSPS) is 11.0. The first kappa shape index (κ1) is 17.4. The Morgan fingerprint density at radius 3 is 2.43 bits per heavy atom.